The molecule has 0 amide bonds. The SMILES string of the molecule is C/C=C/[C@H](O)c1c(OC)cc(=O)oc1C. The zero-order chi connectivity index (χ0) is 11.4. The van der Waals surface area contributed by atoms with E-state index in [1.807, 2.05) is 0 Å². The highest BCUT2D eigenvalue weighted by Gasteiger charge is 2.16. The van der Waals surface area contributed by atoms with Crippen LogP contribution in [0.5, 0.6) is 5.75 Å². The summed E-state index contributed by atoms with van der Waals surface area (Å²) in [6.07, 6.45) is 2.48. The van der Waals surface area contributed by atoms with Crippen molar-refractivity contribution in [3.63, 3.8) is 0 Å². The normalized spacial score (nSPS) is 13.1. The summed E-state index contributed by atoms with van der Waals surface area (Å²) in [5, 5.41) is 9.78. The molecule has 0 saturated carbocycles. The van der Waals surface area contributed by atoms with E-state index in [1.165, 1.54) is 13.2 Å². The van der Waals surface area contributed by atoms with Gasteiger partial charge < -0.3 is 14.3 Å². The van der Waals surface area contributed by atoms with Gasteiger partial charge in [-0.2, -0.15) is 0 Å². The second-order valence-corrected chi connectivity index (χ2v) is 3.07. The molecule has 0 unspecified atom stereocenters. The average Bonchev–Trinajstić information content (AvgIpc) is 2.16. The molecule has 1 atom stereocenters. The van der Waals surface area contributed by atoms with Gasteiger partial charge in [-0.15, -0.1) is 0 Å². The maximum atomic E-state index is 11.1. The molecule has 0 aliphatic carbocycles. The lowest BCUT2D eigenvalue weighted by atomic mass is 10.1. The Morgan fingerprint density at radius 2 is 2.27 bits per heavy atom. The van der Waals surface area contributed by atoms with Crippen LogP contribution in [-0.4, -0.2) is 12.2 Å². The fourth-order valence-corrected chi connectivity index (χ4v) is 1.40. The lowest BCUT2D eigenvalue weighted by Crippen LogP contribution is -2.07. The molecule has 0 aliphatic heterocycles. The highest BCUT2D eigenvalue weighted by atomic mass is 16.5. The van der Waals surface area contributed by atoms with Crippen molar-refractivity contribution >= 4 is 0 Å². The summed E-state index contributed by atoms with van der Waals surface area (Å²) in [5.41, 5.74) is -0.00372. The van der Waals surface area contributed by atoms with E-state index in [1.54, 1.807) is 26.0 Å². The lowest BCUT2D eigenvalue weighted by molar-refractivity contribution is 0.215. The Morgan fingerprint density at radius 1 is 1.60 bits per heavy atom. The van der Waals surface area contributed by atoms with Crippen LogP contribution in [0.15, 0.2) is 27.4 Å². The Balaban J connectivity index is 3.32. The van der Waals surface area contributed by atoms with Gasteiger partial charge in [0.05, 0.1) is 18.7 Å². The summed E-state index contributed by atoms with van der Waals surface area (Å²) in [7, 11) is 1.44. The second kappa shape index (κ2) is 4.79. The fourth-order valence-electron chi connectivity index (χ4n) is 1.40. The standard InChI is InChI=1S/C11H14O4/c1-4-5-8(12)11-7(2)15-10(13)6-9(11)14-3/h4-6,8,12H,1-3H3/b5-4+/t8-/m0/s1. The minimum Gasteiger partial charge on any atom is -0.496 e. The number of hydrogen-bond donors (Lipinski definition) is 1. The minimum atomic E-state index is -0.825. The number of rotatable bonds is 3. The molecule has 1 N–H and O–H groups in total. The summed E-state index contributed by atoms with van der Waals surface area (Å²) in [6.45, 7) is 3.41. The molecule has 0 saturated heterocycles. The topological polar surface area (TPSA) is 59.7 Å². The summed E-state index contributed by atoms with van der Waals surface area (Å²) >= 11 is 0. The smallest absolute Gasteiger partial charge is 0.339 e. The van der Waals surface area contributed by atoms with E-state index in [0.717, 1.165) is 0 Å². The van der Waals surface area contributed by atoms with Crippen molar-refractivity contribution in [2.45, 2.75) is 20.0 Å². The van der Waals surface area contributed by atoms with Gasteiger partial charge in [0.15, 0.2) is 0 Å². The van der Waals surface area contributed by atoms with Gasteiger partial charge in [-0.05, 0) is 13.8 Å². The van der Waals surface area contributed by atoms with E-state index >= 15 is 0 Å². The molecule has 0 aromatic carbocycles. The van der Waals surface area contributed by atoms with Crippen molar-refractivity contribution in [3.8, 4) is 5.75 Å². The molecule has 15 heavy (non-hydrogen) atoms. The van der Waals surface area contributed by atoms with Gasteiger partial charge in [0.25, 0.3) is 0 Å². The summed E-state index contributed by atoms with van der Waals surface area (Å²) in [6, 6.07) is 1.22. The van der Waals surface area contributed by atoms with Crippen LogP contribution in [0.1, 0.15) is 24.4 Å². The Hall–Kier alpha value is -1.55. The number of aliphatic hydroxyl groups is 1. The molecule has 4 nitrogen and oxygen atoms in total. The molecule has 0 bridgehead atoms. The Labute approximate surface area is 87.8 Å². The Morgan fingerprint density at radius 3 is 2.80 bits per heavy atom. The monoisotopic (exact) mass is 210 g/mol. The van der Waals surface area contributed by atoms with E-state index in [9.17, 15) is 9.90 Å². The quantitative estimate of drug-likeness (QED) is 0.769. The maximum absolute atomic E-state index is 11.1. The highest BCUT2D eigenvalue weighted by molar-refractivity contribution is 5.37. The third-order valence-corrected chi connectivity index (χ3v) is 2.04. The number of aliphatic hydroxyl groups excluding tert-OH is 1. The van der Waals surface area contributed by atoms with Crippen molar-refractivity contribution in [1.29, 1.82) is 0 Å². The molecule has 1 heterocycles. The zero-order valence-electron chi connectivity index (χ0n) is 8.98. The number of methoxy groups -OCH3 is 1. The van der Waals surface area contributed by atoms with Crippen LogP contribution in [0.3, 0.4) is 0 Å². The predicted molar refractivity (Wildman–Crippen MR) is 56.0 cm³/mol. The maximum Gasteiger partial charge on any atom is 0.339 e. The first-order valence-corrected chi connectivity index (χ1v) is 4.59. The third-order valence-electron chi connectivity index (χ3n) is 2.04. The van der Waals surface area contributed by atoms with Gasteiger partial charge in [-0.25, -0.2) is 4.79 Å². The summed E-state index contributed by atoms with van der Waals surface area (Å²) in [4.78, 5) is 11.1. The average molecular weight is 210 g/mol. The first-order chi connectivity index (χ1) is 7.10. The van der Waals surface area contributed by atoms with Gasteiger partial charge in [-0.1, -0.05) is 12.2 Å². The number of allylic oxidation sites excluding steroid dienone is 1. The number of ether oxygens (including phenoxy) is 1. The summed E-state index contributed by atoms with van der Waals surface area (Å²) in [5.74, 6) is 0.708. The van der Waals surface area contributed by atoms with E-state index in [2.05, 4.69) is 0 Å². The van der Waals surface area contributed by atoms with Crippen LogP contribution in [0.2, 0.25) is 0 Å². The molecule has 0 fully saturated rings. The van der Waals surface area contributed by atoms with Gasteiger partial charge >= 0.3 is 5.63 Å². The molecule has 0 radical (unpaired) electrons. The Bertz CT molecular complexity index is 417. The van der Waals surface area contributed by atoms with E-state index in [0.29, 0.717) is 17.1 Å². The van der Waals surface area contributed by atoms with Gasteiger partial charge in [-0.3, -0.25) is 0 Å². The van der Waals surface area contributed by atoms with Crippen molar-refractivity contribution in [2.75, 3.05) is 7.11 Å². The lowest BCUT2D eigenvalue weighted by Gasteiger charge is -2.12. The molecule has 4 heteroatoms. The highest BCUT2D eigenvalue weighted by Crippen LogP contribution is 2.27. The van der Waals surface area contributed by atoms with Crippen molar-refractivity contribution < 1.29 is 14.3 Å². The molecule has 0 aliphatic rings. The molecular weight excluding hydrogens is 196 g/mol. The van der Waals surface area contributed by atoms with Crippen LogP contribution >= 0.6 is 0 Å². The molecule has 1 aromatic rings. The number of hydrogen-bond acceptors (Lipinski definition) is 4. The molecular formula is C11H14O4. The van der Waals surface area contributed by atoms with E-state index in [4.69, 9.17) is 9.15 Å². The number of aryl methyl sites for hydroxylation is 1. The van der Waals surface area contributed by atoms with Crippen molar-refractivity contribution in [3.05, 3.63) is 40.0 Å². The molecule has 1 rings (SSSR count). The largest absolute Gasteiger partial charge is 0.496 e. The molecule has 0 spiro atoms. The van der Waals surface area contributed by atoms with Gasteiger partial charge in [0, 0.05) is 0 Å². The van der Waals surface area contributed by atoms with Gasteiger partial charge in [0.2, 0.25) is 0 Å². The van der Waals surface area contributed by atoms with Crippen LogP contribution in [0.4, 0.5) is 0 Å². The second-order valence-electron chi connectivity index (χ2n) is 3.07. The van der Waals surface area contributed by atoms with Crippen LogP contribution in [0, 0.1) is 6.92 Å². The van der Waals surface area contributed by atoms with Crippen LogP contribution in [-0.2, 0) is 0 Å². The van der Waals surface area contributed by atoms with Crippen molar-refractivity contribution in [2.24, 2.45) is 0 Å². The van der Waals surface area contributed by atoms with Gasteiger partial charge in [0.1, 0.15) is 17.6 Å². The fraction of sp³-hybridized carbons (Fsp3) is 0.364. The van der Waals surface area contributed by atoms with Crippen LogP contribution in [0.25, 0.3) is 0 Å². The first-order valence-electron chi connectivity index (χ1n) is 4.59. The van der Waals surface area contributed by atoms with E-state index < -0.39 is 11.7 Å². The Kier molecular flexibility index (Phi) is 3.68. The molecule has 82 valence electrons. The van der Waals surface area contributed by atoms with E-state index in [-0.39, 0.29) is 0 Å². The van der Waals surface area contributed by atoms with Crippen molar-refractivity contribution in [1.82, 2.24) is 0 Å². The van der Waals surface area contributed by atoms with Crippen LogP contribution < -0.4 is 10.4 Å². The first kappa shape index (κ1) is 11.5. The minimum absolute atomic E-state index is 0.342. The predicted octanol–water partition coefficient (Wildman–Crippen LogP) is 1.57. The third kappa shape index (κ3) is 2.47. The summed E-state index contributed by atoms with van der Waals surface area (Å²) < 4.78 is 9.91. The molecule has 1 aromatic heterocycles. The zero-order valence-corrected chi connectivity index (χ0v) is 8.98.